The number of piperidine rings is 1. The molecule has 0 bridgehead atoms. The number of thioether (sulfide) groups is 1. The summed E-state index contributed by atoms with van der Waals surface area (Å²) in [5, 5.41) is 2.98. The lowest BCUT2D eigenvalue weighted by atomic mass is 9.87. The van der Waals surface area contributed by atoms with Crippen LogP contribution in [0.1, 0.15) is 44.9 Å². The van der Waals surface area contributed by atoms with E-state index in [1.165, 1.54) is 19.3 Å². The van der Waals surface area contributed by atoms with Gasteiger partial charge in [0.1, 0.15) is 0 Å². The first-order chi connectivity index (χ1) is 13.6. The molecular formula is C21H28BrN3O2S. The number of nitrogens with one attached hydrogen (secondary N) is 1. The molecule has 1 aromatic carbocycles. The molecule has 7 heteroatoms. The topological polar surface area (TPSA) is 52.7 Å². The van der Waals surface area contributed by atoms with E-state index in [1.54, 1.807) is 0 Å². The molecule has 3 amide bonds. The molecule has 2 aliphatic heterocycles. The fraction of sp³-hybridized carbons (Fsp3) is 0.619. The van der Waals surface area contributed by atoms with Crippen molar-refractivity contribution in [1.82, 2.24) is 9.80 Å². The van der Waals surface area contributed by atoms with Gasteiger partial charge in [-0.3, -0.25) is 4.79 Å². The summed E-state index contributed by atoms with van der Waals surface area (Å²) < 4.78 is 0.992. The van der Waals surface area contributed by atoms with Crippen molar-refractivity contribution in [2.24, 2.45) is 5.92 Å². The number of amides is 3. The standard InChI is InChI=1S/C21H28BrN3O2S/c22-17-6-8-18(9-7-17)23-20(27)24-12-10-21(11-13-24)25(14-15-28-21)19(26)16-4-2-1-3-5-16/h6-9,16H,1-5,10-15H2,(H,23,27). The van der Waals surface area contributed by atoms with Crippen molar-refractivity contribution in [2.75, 3.05) is 30.7 Å². The molecule has 1 N–H and O–H groups in total. The first-order valence-corrected chi connectivity index (χ1v) is 12.1. The predicted octanol–water partition coefficient (Wildman–Crippen LogP) is 4.93. The molecular weight excluding hydrogens is 438 g/mol. The Hall–Kier alpha value is -1.21. The van der Waals surface area contributed by atoms with Crippen LogP contribution in [0.15, 0.2) is 28.7 Å². The number of hydrogen-bond acceptors (Lipinski definition) is 3. The zero-order valence-corrected chi connectivity index (χ0v) is 18.6. The van der Waals surface area contributed by atoms with Crippen LogP contribution in [0.5, 0.6) is 0 Å². The van der Waals surface area contributed by atoms with Crippen LogP contribution in [0.3, 0.4) is 0 Å². The Labute approximate surface area is 179 Å². The van der Waals surface area contributed by atoms with E-state index in [9.17, 15) is 9.59 Å². The van der Waals surface area contributed by atoms with Crippen molar-refractivity contribution in [3.05, 3.63) is 28.7 Å². The van der Waals surface area contributed by atoms with Crippen LogP contribution in [0, 0.1) is 5.92 Å². The Morgan fingerprint density at radius 1 is 1.04 bits per heavy atom. The molecule has 1 spiro atoms. The molecule has 1 aromatic rings. The van der Waals surface area contributed by atoms with E-state index in [0.717, 1.165) is 48.1 Å². The predicted molar refractivity (Wildman–Crippen MR) is 117 cm³/mol. The normalized spacial score (nSPS) is 22.5. The lowest BCUT2D eigenvalue weighted by Gasteiger charge is -2.45. The summed E-state index contributed by atoms with van der Waals surface area (Å²) >= 11 is 5.34. The average molecular weight is 466 g/mol. The highest BCUT2D eigenvalue weighted by Gasteiger charge is 2.48. The molecule has 2 saturated heterocycles. The minimum Gasteiger partial charge on any atom is -0.327 e. The number of halogens is 1. The molecule has 5 nitrogen and oxygen atoms in total. The van der Waals surface area contributed by atoms with Crippen molar-refractivity contribution in [2.45, 2.75) is 49.8 Å². The molecule has 0 unspecified atom stereocenters. The van der Waals surface area contributed by atoms with Gasteiger partial charge in [0.05, 0.1) is 4.87 Å². The Kier molecular flexibility index (Phi) is 6.21. The lowest BCUT2D eigenvalue weighted by molar-refractivity contribution is -0.140. The van der Waals surface area contributed by atoms with Gasteiger partial charge >= 0.3 is 6.03 Å². The molecule has 152 valence electrons. The first kappa shape index (κ1) is 20.1. The van der Waals surface area contributed by atoms with Gasteiger partial charge in [0, 0.05) is 41.5 Å². The Bertz CT molecular complexity index is 713. The zero-order chi connectivity index (χ0) is 19.6. The van der Waals surface area contributed by atoms with Gasteiger partial charge in [0.2, 0.25) is 5.91 Å². The van der Waals surface area contributed by atoms with Gasteiger partial charge in [-0.1, -0.05) is 35.2 Å². The summed E-state index contributed by atoms with van der Waals surface area (Å²) in [5.74, 6) is 1.62. The van der Waals surface area contributed by atoms with Gasteiger partial charge in [-0.25, -0.2) is 4.79 Å². The minimum atomic E-state index is -0.0943. The van der Waals surface area contributed by atoms with E-state index in [4.69, 9.17) is 0 Å². The van der Waals surface area contributed by atoms with Crippen LogP contribution >= 0.6 is 27.7 Å². The fourth-order valence-electron chi connectivity index (χ4n) is 4.70. The third-order valence-corrected chi connectivity index (χ3v) is 8.41. The molecule has 1 saturated carbocycles. The summed E-state index contributed by atoms with van der Waals surface area (Å²) in [5.41, 5.74) is 0.804. The molecule has 0 radical (unpaired) electrons. The van der Waals surface area contributed by atoms with Crippen molar-refractivity contribution in [1.29, 1.82) is 0 Å². The second kappa shape index (κ2) is 8.66. The second-order valence-electron chi connectivity index (χ2n) is 8.04. The highest BCUT2D eigenvalue weighted by molar-refractivity contribution is 9.10. The third kappa shape index (κ3) is 4.20. The van der Waals surface area contributed by atoms with Gasteiger partial charge < -0.3 is 15.1 Å². The molecule has 28 heavy (non-hydrogen) atoms. The Morgan fingerprint density at radius 2 is 1.71 bits per heavy atom. The molecule has 0 aromatic heterocycles. The maximum absolute atomic E-state index is 13.2. The van der Waals surface area contributed by atoms with Crippen molar-refractivity contribution in [3.8, 4) is 0 Å². The summed E-state index contributed by atoms with van der Waals surface area (Å²) in [7, 11) is 0. The van der Waals surface area contributed by atoms with Crippen LogP contribution in [0.2, 0.25) is 0 Å². The number of likely N-dealkylation sites (tertiary alicyclic amines) is 1. The minimum absolute atomic E-state index is 0.0506. The van der Waals surface area contributed by atoms with Gasteiger partial charge in [0.25, 0.3) is 0 Å². The van der Waals surface area contributed by atoms with Gasteiger partial charge in [-0.15, -0.1) is 11.8 Å². The van der Waals surface area contributed by atoms with Crippen LogP contribution in [0.4, 0.5) is 10.5 Å². The van der Waals surface area contributed by atoms with E-state index < -0.39 is 0 Å². The maximum atomic E-state index is 13.2. The number of hydrogen-bond donors (Lipinski definition) is 1. The SMILES string of the molecule is O=C(Nc1ccc(Br)cc1)N1CCC2(CC1)SCCN2C(=O)C1CCCCC1. The van der Waals surface area contributed by atoms with Crippen LogP contribution in [-0.2, 0) is 4.79 Å². The van der Waals surface area contributed by atoms with Crippen molar-refractivity contribution in [3.63, 3.8) is 0 Å². The van der Waals surface area contributed by atoms with Gasteiger partial charge in [-0.05, 0) is 49.9 Å². The molecule has 3 fully saturated rings. The van der Waals surface area contributed by atoms with Crippen LogP contribution in [0.25, 0.3) is 0 Å². The third-order valence-electron chi connectivity index (χ3n) is 6.33. The van der Waals surface area contributed by atoms with E-state index >= 15 is 0 Å². The summed E-state index contributed by atoms with van der Waals surface area (Å²) in [6, 6.07) is 7.58. The number of carbonyl (C=O) groups is 2. The smallest absolute Gasteiger partial charge is 0.321 e. The Balaban J connectivity index is 1.36. The number of anilines is 1. The van der Waals surface area contributed by atoms with Gasteiger partial charge in [0.15, 0.2) is 0 Å². The molecule has 4 rings (SSSR count). The number of carbonyl (C=O) groups excluding carboxylic acids is 2. The van der Waals surface area contributed by atoms with E-state index in [0.29, 0.717) is 19.0 Å². The number of rotatable bonds is 2. The number of benzene rings is 1. The quantitative estimate of drug-likeness (QED) is 0.673. The largest absolute Gasteiger partial charge is 0.327 e. The number of nitrogens with zero attached hydrogens (tertiary/aromatic N) is 2. The molecule has 0 atom stereocenters. The molecule has 1 aliphatic carbocycles. The van der Waals surface area contributed by atoms with Gasteiger partial charge in [-0.2, -0.15) is 0 Å². The monoisotopic (exact) mass is 465 g/mol. The highest BCUT2D eigenvalue weighted by atomic mass is 79.9. The summed E-state index contributed by atoms with van der Waals surface area (Å²) in [6.07, 6.45) is 7.48. The highest BCUT2D eigenvalue weighted by Crippen LogP contribution is 2.45. The van der Waals surface area contributed by atoms with E-state index in [-0.39, 0.29) is 16.8 Å². The fourth-order valence-corrected chi connectivity index (χ4v) is 6.43. The zero-order valence-electron chi connectivity index (χ0n) is 16.2. The molecule has 3 aliphatic rings. The van der Waals surface area contributed by atoms with Crippen molar-refractivity contribution >= 4 is 45.3 Å². The van der Waals surface area contributed by atoms with E-state index in [1.807, 2.05) is 40.9 Å². The maximum Gasteiger partial charge on any atom is 0.321 e. The number of urea groups is 1. The average Bonchev–Trinajstić information content (AvgIpc) is 3.13. The first-order valence-electron chi connectivity index (χ1n) is 10.3. The molecule has 2 heterocycles. The summed E-state index contributed by atoms with van der Waals surface area (Å²) in [6.45, 7) is 2.26. The lowest BCUT2D eigenvalue weighted by Crippen LogP contribution is -2.55. The summed E-state index contributed by atoms with van der Waals surface area (Å²) in [4.78, 5) is 29.8. The van der Waals surface area contributed by atoms with Crippen LogP contribution < -0.4 is 5.32 Å². The van der Waals surface area contributed by atoms with Crippen molar-refractivity contribution < 1.29 is 9.59 Å². The Morgan fingerprint density at radius 3 is 2.39 bits per heavy atom. The second-order valence-corrected chi connectivity index (χ2v) is 10.4. The van der Waals surface area contributed by atoms with Crippen LogP contribution in [-0.4, -0.2) is 52.0 Å². The van der Waals surface area contributed by atoms with E-state index in [2.05, 4.69) is 26.1 Å².